The van der Waals surface area contributed by atoms with Gasteiger partial charge in [-0.3, -0.25) is 0 Å². The standard InChI is InChI=1S/C13H18BrN3O2S/c1-10(7-8-17(2)3)16-20(18,19)13-6-4-5-12(14)11(13)9-15/h4-6,10,16H,7-8H2,1-3H3/t10-/m1/s1. The first-order valence-corrected chi connectivity index (χ1v) is 8.41. The molecule has 0 saturated heterocycles. The Bertz CT molecular complexity index is 609. The smallest absolute Gasteiger partial charge is 0.242 e. The maximum absolute atomic E-state index is 12.3. The number of hydrogen-bond acceptors (Lipinski definition) is 4. The summed E-state index contributed by atoms with van der Waals surface area (Å²) >= 11 is 3.19. The zero-order valence-corrected chi connectivity index (χ0v) is 14.1. The third kappa shape index (κ3) is 4.56. The molecule has 7 heteroatoms. The van der Waals surface area contributed by atoms with E-state index in [4.69, 9.17) is 5.26 Å². The normalized spacial score (nSPS) is 13.2. The number of nitrogens with one attached hydrogen (secondary N) is 1. The Labute approximate surface area is 128 Å². The van der Waals surface area contributed by atoms with Gasteiger partial charge in [0.1, 0.15) is 11.0 Å². The number of halogens is 1. The summed E-state index contributed by atoms with van der Waals surface area (Å²) in [5, 5.41) is 9.09. The molecule has 110 valence electrons. The van der Waals surface area contributed by atoms with E-state index in [1.165, 1.54) is 6.07 Å². The maximum atomic E-state index is 12.3. The van der Waals surface area contributed by atoms with Crippen LogP contribution in [0.15, 0.2) is 27.6 Å². The lowest BCUT2D eigenvalue weighted by Gasteiger charge is -2.17. The molecule has 1 atom stereocenters. The largest absolute Gasteiger partial charge is 0.309 e. The van der Waals surface area contributed by atoms with Crippen molar-refractivity contribution in [2.75, 3.05) is 20.6 Å². The number of nitrogens with zero attached hydrogens (tertiary/aromatic N) is 2. The number of sulfonamides is 1. The lowest BCUT2D eigenvalue weighted by molar-refractivity contribution is 0.379. The minimum atomic E-state index is -3.69. The molecule has 0 bridgehead atoms. The highest BCUT2D eigenvalue weighted by molar-refractivity contribution is 9.10. The molecular weight excluding hydrogens is 342 g/mol. The predicted molar refractivity (Wildman–Crippen MR) is 81.8 cm³/mol. The molecule has 0 fully saturated rings. The highest BCUT2D eigenvalue weighted by atomic mass is 79.9. The van der Waals surface area contributed by atoms with Gasteiger partial charge < -0.3 is 4.90 Å². The number of rotatable bonds is 6. The highest BCUT2D eigenvalue weighted by Crippen LogP contribution is 2.23. The molecule has 0 radical (unpaired) electrons. The van der Waals surface area contributed by atoms with Crippen molar-refractivity contribution < 1.29 is 8.42 Å². The van der Waals surface area contributed by atoms with Crippen molar-refractivity contribution in [3.63, 3.8) is 0 Å². The maximum Gasteiger partial charge on any atom is 0.242 e. The van der Waals surface area contributed by atoms with Gasteiger partial charge >= 0.3 is 0 Å². The first-order chi connectivity index (χ1) is 9.27. The number of benzene rings is 1. The Hall–Kier alpha value is -0.940. The summed E-state index contributed by atoms with van der Waals surface area (Å²) in [5.41, 5.74) is 0.125. The predicted octanol–water partition coefficient (Wildman–Crippen LogP) is 1.94. The van der Waals surface area contributed by atoms with Crippen molar-refractivity contribution in [2.45, 2.75) is 24.3 Å². The topological polar surface area (TPSA) is 73.2 Å². The molecule has 0 saturated carbocycles. The van der Waals surface area contributed by atoms with Gasteiger partial charge in [0.25, 0.3) is 0 Å². The van der Waals surface area contributed by atoms with Crippen molar-refractivity contribution in [1.82, 2.24) is 9.62 Å². The van der Waals surface area contributed by atoms with Crippen LogP contribution in [0.1, 0.15) is 18.9 Å². The zero-order valence-electron chi connectivity index (χ0n) is 11.7. The second-order valence-corrected chi connectivity index (χ2v) is 7.38. The third-order valence-corrected chi connectivity index (χ3v) is 5.04. The monoisotopic (exact) mass is 359 g/mol. The molecule has 0 heterocycles. The van der Waals surface area contributed by atoms with Gasteiger partial charge in [-0.1, -0.05) is 6.07 Å². The first-order valence-electron chi connectivity index (χ1n) is 6.13. The molecule has 0 amide bonds. The summed E-state index contributed by atoms with van der Waals surface area (Å²) in [6.45, 7) is 2.60. The van der Waals surface area contributed by atoms with Crippen LogP contribution in [0.3, 0.4) is 0 Å². The van der Waals surface area contributed by atoms with Crippen LogP contribution in [0.25, 0.3) is 0 Å². The molecule has 1 N–H and O–H groups in total. The molecule has 0 unspecified atom stereocenters. The van der Waals surface area contributed by atoms with E-state index in [-0.39, 0.29) is 16.5 Å². The van der Waals surface area contributed by atoms with Gasteiger partial charge in [0, 0.05) is 10.5 Å². The number of hydrogen-bond donors (Lipinski definition) is 1. The van der Waals surface area contributed by atoms with Gasteiger partial charge in [0.05, 0.1) is 5.56 Å². The Kier molecular flexibility index (Phi) is 6.14. The molecule has 0 aliphatic rings. The summed E-state index contributed by atoms with van der Waals surface area (Å²) in [6.07, 6.45) is 0.697. The minimum Gasteiger partial charge on any atom is -0.309 e. The molecule has 20 heavy (non-hydrogen) atoms. The van der Waals surface area contributed by atoms with Crippen molar-refractivity contribution in [3.05, 3.63) is 28.2 Å². The van der Waals surface area contributed by atoms with Gasteiger partial charge in [0.15, 0.2) is 0 Å². The fourth-order valence-electron chi connectivity index (χ4n) is 1.68. The summed E-state index contributed by atoms with van der Waals surface area (Å²) < 4.78 is 27.7. The van der Waals surface area contributed by atoms with Crippen LogP contribution in [0.4, 0.5) is 0 Å². The second kappa shape index (κ2) is 7.18. The van der Waals surface area contributed by atoms with Crippen molar-refractivity contribution >= 4 is 26.0 Å². The Morgan fingerprint density at radius 3 is 2.65 bits per heavy atom. The number of nitriles is 1. The van der Waals surface area contributed by atoms with Crippen LogP contribution < -0.4 is 4.72 Å². The summed E-state index contributed by atoms with van der Waals surface area (Å²) in [4.78, 5) is 2.00. The minimum absolute atomic E-state index is 0.00563. The van der Waals surface area contributed by atoms with Gasteiger partial charge in [0.2, 0.25) is 10.0 Å². The van der Waals surface area contributed by atoms with Crippen molar-refractivity contribution in [2.24, 2.45) is 0 Å². The molecule has 1 aromatic carbocycles. The Morgan fingerprint density at radius 1 is 1.45 bits per heavy atom. The summed E-state index contributed by atoms with van der Waals surface area (Å²) in [5.74, 6) is 0. The van der Waals surface area contributed by atoms with E-state index in [1.54, 1.807) is 12.1 Å². The quantitative estimate of drug-likeness (QED) is 0.842. The van der Waals surface area contributed by atoms with E-state index < -0.39 is 10.0 Å². The van der Waals surface area contributed by atoms with Gasteiger partial charge in [-0.2, -0.15) is 5.26 Å². The van der Waals surface area contributed by atoms with Crippen molar-refractivity contribution in [1.29, 1.82) is 5.26 Å². The van der Waals surface area contributed by atoms with E-state index in [1.807, 2.05) is 32.0 Å². The lowest BCUT2D eigenvalue weighted by Crippen LogP contribution is -2.35. The van der Waals surface area contributed by atoms with Crippen LogP contribution in [0.5, 0.6) is 0 Å². The molecule has 1 rings (SSSR count). The Balaban J connectivity index is 2.96. The second-order valence-electron chi connectivity index (χ2n) is 4.84. The lowest BCUT2D eigenvalue weighted by atomic mass is 10.2. The van der Waals surface area contributed by atoms with Crippen LogP contribution in [-0.4, -0.2) is 40.0 Å². The summed E-state index contributed by atoms with van der Waals surface area (Å²) in [7, 11) is 0.174. The van der Waals surface area contributed by atoms with Gasteiger partial charge in [-0.05, 0) is 62.0 Å². The molecule has 0 aromatic heterocycles. The fourth-order valence-corrected chi connectivity index (χ4v) is 3.72. The van der Waals surface area contributed by atoms with Crippen LogP contribution in [-0.2, 0) is 10.0 Å². The van der Waals surface area contributed by atoms with Gasteiger partial charge in [-0.15, -0.1) is 0 Å². The van der Waals surface area contributed by atoms with Crippen molar-refractivity contribution in [3.8, 4) is 6.07 Å². The zero-order chi connectivity index (χ0) is 15.3. The average Bonchev–Trinajstić information content (AvgIpc) is 2.35. The first kappa shape index (κ1) is 17.1. The SMILES string of the molecule is C[C@H](CCN(C)C)NS(=O)(=O)c1cccc(Br)c1C#N. The molecule has 0 aliphatic carbocycles. The van der Waals surface area contributed by atoms with Crippen LogP contribution >= 0.6 is 15.9 Å². The fraction of sp³-hybridized carbons (Fsp3) is 0.462. The Morgan fingerprint density at radius 2 is 2.10 bits per heavy atom. The highest BCUT2D eigenvalue weighted by Gasteiger charge is 2.22. The molecule has 0 spiro atoms. The average molecular weight is 360 g/mol. The van der Waals surface area contributed by atoms with Crippen LogP contribution in [0, 0.1) is 11.3 Å². The van der Waals surface area contributed by atoms with E-state index in [0.717, 1.165) is 6.54 Å². The summed E-state index contributed by atoms with van der Waals surface area (Å²) in [6, 6.07) is 6.40. The molecule has 5 nitrogen and oxygen atoms in total. The van der Waals surface area contributed by atoms with Crippen LogP contribution in [0.2, 0.25) is 0 Å². The van der Waals surface area contributed by atoms with Gasteiger partial charge in [-0.25, -0.2) is 13.1 Å². The van der Waals surface area contributed by atoms with E-state index in [2.05, 4.69) is 20.7 Å². The molecule has 1 aromatic rings. The third-order valence-electron chi connectivity index (χ3n) is 2.74. The molecular formula is C13H18BrN3O2S. The molecule has 0 aliphatic heterocycles. The van der Waals surface area contributed by atoms with E-state index in [0.29, 0.717) is 10.9 Å². The van der Waals surface area contributed by atoms with E-state index in [9.17, 15) is 8.42 Å². The van der Waals surface area contributed by atoms with E-state index >= 15 is 0 Å².